The molecule has 2 nitrogen and oxygen atoms in total. The molecule has 84 valence electrons. The van der Waals surface area contributed by atoms with Gasteiger partial charge in [0, 0.05) is 5.57 Å². The van der Waals surface area contributed by atoms with Crippen LogP contribution in [-0.4, -0.2) is 16.5 Å². The van der Waals surface area contributed by atoms with E-state index in [2.05, 4.69) is 13.5 Å². The molecule has 1 aliphatic rings. The summed E-state index contributed by atoms with van der Waals surface area (Å²) in [4.78, 5) is 11.6. The van der Waals surface area contributed by atoms with E-state index in [9.17, 15) is 9.90 Å². The zero-order valence-corrected chi connectivity index (χ0v) is 9.89. The average molecular weight is 208 g/mol. The number of unbranched alkanes of at least 4 members (excludes halogenated alkanes) is 2. The van der Waals surface area contributed by atoms with Gasteiger partial charge >= 0.3 is 0 Å². The van der Waals surface area contributed by atoms with Gasteiger partial charge in [0.2, 0.25) is 0 Å². The quantitative estimate of drug-likeness (QED) is 0.569. The molecule has 0 heterocycles. The van der Waals surface area contributed by atoms with Crippen LogP contribution < -0.4 is 0 Å². The summed E-state index contributed by atoms with van der Waals surface area (Å²) < 4.78 is 0. The average Bonchev–Trinajstić information content (AvgIpc) is 2.36. The van der Waals surface area contributed by atoms with E-state index < -0.39 is 5.60 Å². The molecule has 0 radical (unpaired) electrons. The molecule has 0 aromatic rings. The van der Waals surface area contributed by atoms with Crippen LogP contribution in [-0.2, 0) is 4.79 Å². The highest BCUT2D eigenvalue weighted by molar-refractivity contribution is 6.13. The first kappa shape index (κ1) is 12.2. The van der Waals surface area contributed by atoms with Crippen molar-refractivity contribution in [2.45, 2.75) is 52.1 Å². The Morgan fingerprint density at radius 1 is 1.33 bits per heavy atom. The first-order valence-electron chi connectivity index (χ1n) is 5.59. The molecule has 15 heavy (non-hydrogen) atoms. The molecule has 0 aromatic heterocycles. The lowest BCUT2D eigenvalue weighted by Gasteiger charge is -2.25. The molecule has 1 N–H and O–H groups in total. The SMILES string of the molecule is C=C1C(=O)C(C)=C(C)C1(O)CCCCC. The maximum absolute atomic E-state index is 11.6. The van der Waals surface area contributed by atoms with Crippen molar-refractivity contribution in [3.8, 4) is 0 Å². The van der Waals surface area contributed by atoms with Gasteiger partial charge in [0.15, 0.2) is 5.78 Å². The van der Waals surface area contributed by atoms with E-state index >= 15 is 0 Å². The summed E-state index contributed by atoms with van der Waals surface area (Å²) >= 11 is 0. The second-order valence-electron chi connectivity index (χ2n) is 4.38. The van der Waals surface area contributed by atoms with Gasteiger partial charge in [-0.2, -0.15) is 0 Å². The molecule has 0 spiro atoms. The lowest BCUT2D eigenvalue weighted by Crippen LogP contribution is -2.30. The number of hydrogen-bond acceptors (Lipinski definition) is 2. The van der Waals surface area contributed by atoms with Crippen molar-refractivity contribution in [1.29, 1.82) is 0 Å². The number of rotatable bonds is 4. The normalized spacial score (nSPS) is 26.7. The summed E-state index contributed by atoms with van der Waals surface area (Å²) in [7, 11) is 0. The summed E-state index contributed by atoms with van der Waals surface area (Å²) in [6.45, 7) is 9.44. The minimum absolute atomic E-state index is 0.0773. The van der Waals surface area contributed by atoms with E-state index in [0.29, 0.717) is 17.6 Å². The van der Waals surface area contributed by atoms with Crippen molar-refractivity contribution in [2.24, 2.45) is 0 Å². The van der Waals surface area contributed by atoms with E-state index in [1.165, 1.54) is 0 Å². The second-order valence-corrected chi connectivity index (χ2v) is 4.38. The third kappa shape index (κ3) is 1.91. The Morgan fingerprint density at radius 3 is 2.33 bits per heavy atom. The minimum atomic E-state index is -1.06. The largest absolute Gasteiger partial charge is 0.381 e. The Balaban J connectivity index is 2.84. The first-order chi connectivity index (χ1) is 6.95. The number of allylic oxidation sites excluding steroid dienone is 1. The highest BCUT2D eigenvalue weighted by atomic mass is 16.3. The second kappa shape index (κ2) is 4.31. The molecule has 0 aliphatic heterocycles. The maximum atomic E-state index is 11.6. The molecule has 1 rings (SSSR count). The van der Waals surface area contributed by atoms with E-state index in [0.717, 1.165) is 24.8 Å². The van der Waals surface area contributed by atoms with Crippen molar-refractivity contribution in [1.82, 2.24) is 0 Å². The minimum Gasteiger partial charge on any atom is -0.381 e. The van der Waals surface area contributed by atoms with Crippen LogP contribution in [0.1, 0.15) is 46.5 Å². The van der Waals surface area contributed by atoms with Gasteiger partial charge in [0.1, 0.15) is 5.60 Å². The smallest absolute Gasteiger partial charge is 0.187 e. The molecule has 2 heteroatoms. The number of ketones is 1. The van der Waals surface area contributed by atoms with Crippen LogP contribution in [0.2, 0.25) is 0 Å². The molecule has 0 saturated heterocycles. The predicted octanol–water partition coefficient (Wildman–Crippen LogP) is 2.77. The molecule has 0 aromatic carbocycles. The monoisotopic (exact) mass is 208 g/mol. The number of carbonyl (C=O) groups excluding carboxylic acids is 1. The Kier molecular flexibility index (Phi) is 3.50. The van der Waals surface area contributed by atoms with Crippen molar-refractivity contribution in [3.05, 3.63) is 23.3 Å². The van der Waals surface area contributed by atoms with Crippen LogP contribution in [0.3, 0.4) is 0 Å². The molecular weight excluding hydrogens is 188 g/mol. The molecule has 0 bridgehead atoms. The number of Topliss-reactive ketones (excluding diaryl/α,β-unsaturated/α-hetero) is 1. The lowest BCUT2D eigenvalue weighted by molar-refractivity contribution is -0.112. The van der Waals surface area contributed by atoms with Gasteiger partial charge in [-0.3, -0.25) is 4.79 Å². The summed E-state index contributed by atoms with van der Waals surface area (Å²) in [5.74, 6) is -0.0773. The van der Waals surface area contributed by atoms with Crippen LogP contribution >= 0.6 is 0 Å². The van der Waals surface area contributed by atoms with E-state index in [4.69, 9.17) is 0 Å². The molecule has 1 unspecified atom stereocenters. The van der Waals surface area contributed by atoms with Gasteiger partial charge in [0.05, 0.1) is 0 Å². The van der Waals surface area contributed by atoms with Crippen molar-refractivity contribution < 1.29 is 9.90 Å². The first-order valence-corrected chi connectivity index (χ1v) is 5.59. The lowest BCUT2D eigenvalue weighted by atomic mass is 9.87. The maximum Gasteiger partial charge on any atom is 0.187 e. The highest BCUT2D eigenvalue weighted by Crippen LogP contribution is 2.39. The predicted molar refractivity (Wildman–Crippen MR) is 61.6 cm³/mol. The molecule has 1 atom stereocenters. The van der Waals surface area contributed by atoms with Gasteiger partial charge in [-0.05, 0) is 37.8 Å². The van der Waals surface area contributed by atoms with Crippen LogP contribution in [0.5, 0.6) is 0 Å². The Labute approximate surface area is 91.7 Å². The zero-order valence-electron chi connectivity index (χ0n) is 9.89. The van der Waals surface area contributed by atoms with Crippen LogP contribution in [0.25, 0.3) is 0 Å². The van der Waals surface area contributed by atoms with Gasteiger partial charge in [0.25, 0.3) is 0 Å². The van der Waals surface area contributed by atoms with E-state index in [1.807, 2.05) is 6.92 Å². The Hall–Kier alpha value is -0.890. The summed E-state index contributed by atoms with van der Waals surface area (Å²) in [6, 6.07) is 0. The standard InChI is InChI=1S/C13H20O2/c1-5-6-7-8-13(15)10(3)9(2)12(14)11(13)4/h15H,4-8H2,1-3H3. The Bertz CT molecular complexity index is 325. The van der Waals surface area contributed by atoms with Crippen molar-refractivity contribution >= 4 is 5.78 Å². The van der Waals surface area contributed by atoms with Crippen LogP contribution in [0.15, 0.2) is 23.3 Å². The number of carbonyl (C=O) groups is 1. The highest BCUT2D eigenvalue weighted by Gasteiger charge is 2.43. The fraction of sp³-hybridized carbons (Fsp3) is 0.615. The third-order valence-corrected chi connectivity index (χ3v) is 3.44. The van der Waals surface area contributed by atoms with Crippen LogP contribution in [0, 0.1) is 0 Å². The Morgan fingerprint density at radius 2 is 1.93 bits per heavy atom. The molecule has 1 aliphatic carbocycles. The van der Waals surface area contributed by atoms with Crippen LogP contribution in [0.4, 0.5) is 0 Å². The number of aliphatic hydroxyl groups is 1. The van der Waals surface area contributed by atoms with Gasteiger partial charge in [-0.1, -0.05) is 26.3 Å². The van der Waals surface area contributed by atoms with Crippen molar-refractivity contribution in [3.63, 3.8) is 0 Å². The van der Waals surface area contributed by atoms with Crippen molar-refractivity contribution in [2.75, 3.05) is 0 Å². The zero-order chi connectivity index (χ0) is 11.6. The molecular formula is C13H20O2. The van der Waals surface area contributed by atoms with E-state index in [1.54, 1.807) is 6.92 Å². The summed E-state index contributed by atoms with van der Waals surface area (Å²) in [5, 5.41) is 10.4. The fourth-order valence-corrected chi connectivity index (χ4v) is 2.09. The summed E-state index contributed by atoms with van der Waals surface area (Å²) in [6.07, 6.45) is 3.74. The van der Waals surface area contributed by atoms with E-state index in [-0.39, 0.29) is 5.78 Å². The number of hydrogen-bond donors (Lipinski definition) is 1. The third-order valence-electron chi connectivity index (χ3n) is 3.44. The van der Waals surface area contributed by atoms with Gasteiger partial charge in [-0.25, -0.2) is 0 Å². The molecule has 0 amide bonds. The summed E-state index contributed by atoms with van der Waals surface area (Å²) in [5.41, 5.74) is 0.747. The van der Waals surface area contributed by atoms with Gasteiger partial charge in [-0.15, -0.1) is 0 Å². The molecule has 0 fully saturated rings. The fourth-order valence-electron chi connectivity index (χ4n) is 2.09. The van der Waals surface area contributed by atoms with Gasteiger partial charge < -0.3 is 5.11 Å². The molecule has 0 saturated carbocycles. The topological polar surface area (TPSA) is 37.3 Å².